The molecule has 4 rings (SSSR count). The van der Waals surface area contributed by atoms with Crippen LogP contribution in [0.3, 0.4) is 0 Å². The Bertz CT molecular complexity index is 979. The van der Waals surface area contributed by atoms with Gasteiger partial charge in [0.05, 0.1) is 7.11 Å². The number of hydrogen-bond donors (Lipinski definition) is 0. The van der Waals surface area contributed by atoms with Crippen LogP contribution in [-0.4, -0.2) is 29.7 Å². The Morgan fingerprint density at radius 2 is 1.89 bits per heavy atom. The number of aromatic nitrogens is 2. The first-order valence-corrected chi connectivity index (χ1v) is 8.91. The number of nitrogens with zero attached hydrogens (tertiary/aromatic N) is 3. The lowest BCUT2D eigenvalue weighted by Gasteiger charge is -2.16. The minimum absolute atomic E-state index is 0.0581. The highest BCUT2D eigenvalue weighted by Gasteiger charge is 2.34. The third-order valence-electron chi connectivity index (χ3n) is 5.07. The second kappa shape index (κ2) is 6.87. The Balaban J connectivity index is 1.53. The first kappa shape index (κ1) is 17.3. The Morgan fingerprint density at radius 1 is 1.11 bits per heavy atom. The van der Waals surface area contributed by atoms with Crippen LogP contribution in [0.5, 0.6) is 5.75 Å². The maximum atomic E-state index is 12.5. The zero-order valence-electron chi connectivity index (χ0n) is 15.6. The van der Waals surface area contributed by atoms with Gasteiger partial charge in [0, 0.05) is 30.1 Å². The molecule has 0 bridgehead atoms. The minimum atomic E-state index is -0.0800. The van der Waals surface area contributed by atoms with Gasteiger partial charge in [-0.15, -0.1) is 0 Å². The largest absolute Gasteiger partial charge is 0.497 e. The number of anilines is 1. The number of aryl methyl sites for hydroxylation is 2. The van der Waals surface area contributed by atoms with E-state index < -0.39 is 0 Å². The van der Waals surface area contributed by atoms with Crippen molar-refractivity contribution in [1.29, 1.82) is 0 Å². The Morgan fingerprint density at radius 3 is 2.59 bits per heavy atom. The van der Waals surface area contributed by atoms with Gasteiger partial charge in [-0.2, -0.15) is 4.98 Å². The molecule has 3 aromatic rings. The lowest BCUT2D eigenvalue weighted by atomic mass is 10.1. The van der Waals surface area contributed by atoms with Crippen molar-refractivity contribution in [3.63, 3.8) is 0 Å². The first-order chi connectivity index (χ1) is 13.0. The standard InChI is InChI=1S/C21H21N3O3/c1-13-4-5-15(10-14(13)2)21-22-20(23-27-21)16-11-19(25)24(12-16)17-6-8-18(26-3)9-7-17/h4-10,16H,11-12H2,1-3H3/t16-/m0/s1. The van der Waals surface area contributed by atoms with Gasteiger partial charge in [-0.25, -0.2) is 0 Å². The normalized spacial score (nSPS) is 16.8. The van der Waals surface area contributed by atoms with E-state index in [1.807, 2.05) is 42.5 Å². The van der Waals surface area contributed by atoms with Crippen LogP contribution in [0, 0.1) is 13.8 Å². The third-order valence-corrected chi connectivity index (χ3v) is 5.07. The highest BCUT2D eigenvalue weighted by atomic mass is 16.5. The predicted molar refractivity (Wildman–Crippen MR) is 102 cm³/mol. The number of amides is 1. The summed E-state index contributed by atoms with van der Waals surface area (Å²) in [7, 11) is 1.62. The van der Waals surface area contributed by atoms with Gasteiger partial charge in [-0.1, -0.05) is 11.2 Å². The van der Waals surface area contributed by atoms with Crippen LogP contribution in [0.2, 0.25) is 0 Å². The van der Waals surface area contributed by atoms with Crippen molar-refractivity contribution in [3.8, 4) is 17.2 Å². The quantitative estimate of drug-likeness (QED) is 0.703. The number of hydrogen-bond acceptors (Lipinski definition) is 5. The molecule has 27 heavy (non-hydrogen) atoms. The summed E-state index contributed by atoms with van der Waals surface area (Å²) < 4.78 is 10.6. The van der Waals surface area contributed by atoms with E-state index in [0.29, 0.717) is 24.7 Å². The Hall–Kier alpha value is -3.15. The van der Waals surface area contributed by atoms with Gasteiger partial charge in [-0.05, 0) is 61.4 Å². The SMILES string of the molecule is COc1ccc(N2C[C@@H](c3noc(-c4ccc(C)c(C)c4)n3)CC2=O)cc1. The molecule has 2 aromatic carbocycles. The molecule has 0 unspecified atom stereocenters. The van der Waals surface area contributed by atoms with E-state index in [1.54, 1.807) is 12.0 Å². The fourth-order valence-corrected chi connectivity index (χ4v) is 3.28. The van der Waals surface area contributed by atoms with Crippen molar-refractivity contribution in [2.75, 3.05) is 18.6 Å². The van der Waals surface area contributed by atoms with Gasteiger partial charge >= 0.3 is 0 Å². The van der Waals surface area contributed by atoms with Crippen molar-refractivity contribution >= 4 is 11.6 Å². The highest BCUT2D eigenvalue weighted by Crippen LogP contribution is 2.32. The smallest absolute Gasteiger partial charge is 0.257 e. The average molecular weight is 363 g/mol. The molecule has 1 aromatic heterocycles. The minimum Gasteiger partial charge on any atom is -0.497 e. The summed E-state index contributed by atoms with van der Waals surface area (Å²) in [5, 5.41) is 4.13. The van der Waals surface area contributed by atoms with Crippen molar-refractivity contribution in [3.05, 3.63) is 59.4 Å². The predicted octanol–water partition coefficient (Wildman–Crippen LogP) is 3.88. The van der Waals surface area contributed by atoms with E-state index in [4.69, 9.17) is 9.26 Å². The van der Waals surface area contributed by atoms with Crippen LogP contribution in [0.15, 0.2) is 47.0 Å². The summed E-state index contributed by atoms with van der Waals surface area (Å²) in [5.41, 5.74) is 4.14. The fraction of sp³-hybridized carbons (Fsp3) is 0.286. The monoisotopic (exact) mass is 363 g/mol. The molecule has 1 saturated heterocycles. The molecule has 0 N–H and O–H groups in total. The summed E-state index contributed by atoms with van der Waals surface area (Å²) in [6.07, 6.45) is 0.373. The molecule has 1 aliphatic heterocycles. The zero-order chi connectivity index (χ0) is 19.0. The van der Waals surface area contributed by atoms with Crippen LogP contribution in [0.1, 0.15) is 29.3 Å². The van der Waals surface area contributed by atoms with Gasteiger partial charge in [0.2, 0.25) is 5.91 Å². The molecule has 0 spiro atoms. The van der Waals surface area contributed by atoms with E-state index in [0.717, 1.165) is 17.0 Å². The van der Waals surface area contributed by atoms with Gasteiger partial charge in [0.15, 0.2) is 5.82 Å². The van der Waals surface area contributed by atoms with Gasteiger partial charge < -0.3 is 14.2 Å². The molecular weight excluding hydrogens is 342 g/mol. The fourth-order valence-electron chi connectivity index (χ4n) is 3.28. The Kier molecular flexibility index (Phi) is 4.39. The number of benzene rings is 2. The molecule has 0 aliphatic carbocycles. The topological polar surface area (TPSA) is 68.5 Å². The molecule has 1 amide bonds. The highest BCUT2D eigenvalue weighted by molar-refractivity contribution is 5.96. The molecule has 2 heterocycles. The van der Waals surface area contributed by atoms with Crippen LogP contribution >= 0.6 is 0 Å². The van der Waals surface area contributed by atoms with Crippen molar-refractivity contribution in [2.24, 2.45) is 0 Å². The van der Waals surface area contributed by atoms with Crippen LogP contribution in [-0.2, 0) is 4.79 Å². The summed E-state index contributed by atoms with van der Waals surface area (Å²) in [6.45, 7) is 4.66. The molecular formula is C21H21N3O3. The molecule has 6 nitrogen and oxygen atoms in total. The molecule has 0 saturated carbocycles. The molecule has 1 aliphatic rings. The summed E-state index contributed by atoms with van der Waals surface area (Å²) in [5.74, 6) is 1.81. The number of methoxy groups -OCH3 is 1. The zero-order valence-corrected chi connectivity index (χ0v) is 15.6. The molecule has 138 valence electrons. The molecule has 1 fully saturated rings. The summed E-state index contributed by atoms with van der Waals surface area (Å²) in [4.78, 5) is 18.8. The second-order valence-electron chi connectivity index (χ2n) is 6.86. The van der Waals surface area contributed by atoms with Crippen LogP contribution in [0.25, 0.3) is 11.5 Å². The van der Waals surface area contributed by atoms with Gasteiger partial charge in [0.1, 0.15) is 5.75 Å². The second-order valence-corrected chi connectivity index (χ2v) is 6.86. The lowest BCUT2D eigenvalue weighted by molar-refractivity contribution is -0.117. The van der Waals surface area contributed by atoms with Gasteiger partial charge in [0.25, 0.3) is 5.89 Å². The number of rotatable bonds is 4. The number of carbonyl (C=O) groups excluding carboxylic acids is 1. The van der Waals surface area contributed by atoms with Gasteiger partial charge in [-0.3, -0.25) is 4.79 Å². The maximum absolute atomic E-state index is 12.5. The van der Waals surface area contributed by atoms with E-state index in [2.05, 4.69) is 24.0 Å². The third kappa shape index (κ3) is 3.30. The maximum Gasteiger partial charge on any atom is 0.257 e. The van der Waals surface area contributed by atoms with E-state index in [1.165, 1.54) is 11.1 Å². The number of carbonyl (C=O) groups is 1. The molecule has 0 radical (unpaired) electrons. The van der Waals surface area contributed by atoms with Crippen molar-refractivity contribution in [1.82, 2.24) is 10.1 Å². The van der Waals surface area contributed by atoms with Crippen LogP contribution in [0.4, 0.5) is 5.69 Å². The summed E-state index contributed by atoms with van der Waals surface area (Å²) >= 11 is 0. The Labute approximate surface area is 157 Å². The molecule has 1 atom stereocenters. The van der Waals surface area contributed by atoms with Crippen molar-refractivity contribution < 1.29 is 14.1 Å². The van der Waals surface area contributed by atoms with E-state index in [-0.39, 0.29) is 11.8 Å². The summed E-state index contributed by atoms with van der Waals surface area (Å²) in [6, 6.07) is 13.5. The lowest BCUT2D eigenvalue weighted by Crippen LogP contribution is -2.24. The molecule has 6 heteroatoms. The number of ether oxygens (including phenoxy) is 1. The van der Waals surface area contributed by atoms with E-state index >= 15 is 0 Å². The van der Waals surface area contributed by atoms with Crippen molar-refractivity contribution in [2.45, 2.75) is 26.2 Å². The van der Waals surface area contributed by atoms with Crippen LogP contribution < -0.4 is 9.64 Å². The average Bonchev–Trinajstić information content (AvgIpc) is 3.31. The van der Waals surface area contributed by atoms with E-state index in [9.17, 15) is 4.79 Å². The first-order valence-electron chi connectivity index (χ1n) is 8.91.